The number of nitrogens with zero attached hydrogens (tertiary/aromatic N) is 1. The highest BCUT2D eigenvalue weighted by Gasteiger charge is 2.17. The second-order valence-corrected chi connectivity index (χ2v) is 5.74. The Hall–Kier alpha value is -2.56. The quantitative estimate of drug-likeness (QED) is 0.880. The lowest BCUT2D eigenvalue weighted by molar-refractivity contribution is 0.0512. The first-order chi connectivity index (χ1) is 11.1. The third kappa shape index (κ3) is 3.44. The van der Waals surface area contributed by atoms with Gasteiger partial charge in [0, 0.05) is 17.9 Å². The number of esters is 1. The van der Waals surface area contributed by atoms with Crippen molar-refractivity contribution in [3.05, 3.63) is 63.6 Å². The van der Waals surface area contributed by atoms with E-state index in [0.717, 1.165) is 25.1 Å². The highest BCUT2D eigenvalue weighted by molar-refractivity contribution is 5.88. The van der Waals surface area contributed by atoms with E-state index in [1.807, 2.05) is 12.1 Å². The van der Waals surface area contributed by atoms with Gasteiger partial charge in [-0.2, -0.15) is 0 Å². The maximum absolute atomic E-state index is 12.0. The van der Waals surface area contributed by atoms with Crippen molar-refractivity contribution in [2.45, 2.75) is 19.8 Å². The summed E-state index contributed by atoms with van der Waals surface area (Å²) in [6.07, 6.45) is 2.19. The molecule has 0 atom stereocenters. The lowest BCUT2D eigenvalue weighted by Gasteiger charge is -2.31. The molecule has 0 amide bonds. The molecule has 2 heterocycles. The third-order valence-corrected chi connectivity index (χ3v) is 4.08. The fourth-order valence-corrected chi connectivity index (χ4v) is 2.90. The van der Waals surface area contributed by atoms with Crippen molar-refractivity contribution in [1.82, 2.24) is 4.98 Å². The predicted molar refractivity (Wildman–Crippen MR) is 89.1 cm³/mol. The normalized spacial score (nSPS) is 13.5. The molecule has 1 aliphatic heterocycles. The molecule has 0 fully saturated rings. The van der Waals surface area contributed by atoms with Gasteiger partial charge in [0.25, 0.3) is 5.56 Å². The van der Waals surface area contributed by atoms with Crippen LogP contribution in [0.2, 0.25) is 0 Å². The number of benzene rings is 1. The second-order valence-electron chi connectivity index (χ2n) is 5.74. The minimum absolute atomic E-state index is 0.0506. The number of aromatic amines is 1. The van der Waals surface area contributed by atoms with Crippen LogP contribution in [0, 0.1) is 6.92 Å². The molecule has 1 N–H and O–H groups in total. The van der Waals surface area contributed by atoms with Crippen LogP contribution in [0.5, 0.6) is 0 Å². The molecule has 1 aromatic heterocycles. The van der Waals surface area contributed by atoms with Crippen molar-refractivity contribution >= 4 is 11.7 Å². The molecule has 0 saturated heterocycles. The Morgan fingerprint density at radius 1 is 1.26 bits per heavy atom. The van der Waals surface area contributed by atoms with Gasteiger partial charge in [-0.05, 0) is 43.5 Å². The van der Waals surface area contributed by atoms with Gasteiger partial charge in [0.1, 0.15) is 12.2 Å². The topological polar surface area (TPSA) is 62.4 Å². The first-order valence-electron chi connectivity index (χ1n) is 7.85. The van der Waals surface area contributed by atoms with Crippen LogP contribution < -0.4 is 10.5 Å². The summed E-state index contributed by atoms with van der Waals surface area (Å²) in [6.45, 7) is 3.62. The van der Waals surface area contributed by atoms with Crippen molar-refractivity contribution in [3.63, 3.8) is 0 Å². The maximum Gasteiger partial charge on any atom is 0.343 e. The molecule has 1 aromatic carbocycles. The molecule has 5 heteroatoms. The average Bonchev–Trinajstić information content (AvgIpc) is 2.55. The fourth-order valence-electron chi connectivity index (χ4n) is 2.90. The van der Waals surface area contributed by atoms with Crippen LogP contribution in [0.4, 0.5) is 5.69 Å². The number of hydrogen-bond acceptors (Lipinski definition) is 4. The van der Waals surface area contributed by atoms with Crippen LogP contribution in [0.3, 0.4) is 0 Å². The number of nitrogens with one attached hydrogen (secondary N) is 1. The lowest BCUT2D eigenvalue weighted by atomic mass is 10.0. The molecule has 0 unspecified atom stereocenters. The molecule has 1 aliphatic rings. The van der Waals surface area contributed by atoms with Gasteiger partial charge in [-0.25, -0.2) is 4.79 Å². The van der Waals surface area contributed by atoms with Crippen molar-refractivity contribution in [2.24, 2.45) is 0 Å². The van der Waals surface area contributed by atoms with E-state index in [4.69, 9.17) is 4.74 Å². The Labute approximate surface area is 134 Å². The highest BCUT2D eigenvalue weighted by Crippen LogP contribution is 2.26. The van der Waals surface area contributed by atoms with Crippen molar-refractivity contribution in [1.29, 1.82) is 0 Å². The van der Waals surface area contributed by atoms with E-state index < -0.39 is 11.5 Å². The summed E-state index contributed by atoms with van der Waals surface area (Å²) in [5, 5.41) is 0. The third-order valence-electron chi connectivity index (χ3n) is 4.08. The van der Waals surface area contributed by atoms with Gasteiger partial charge in [-0.3, -0.25) is 4.79 Å². The first kappa shape index (κ1) is 15.3. The van der Waals surface area contributed by atoms with Crippen molar-refractivity contribution in [2.75, 3.05) is 24.6 Å². The van der Waals surface area contributed by atoms with Gasteiger partial charge in [0.2, 0.25) is 0 Å². The molecular weight excluding hydrogens is 292 g/mol. The van der Waals surface area contributed by atoms with Crippen molar-refractivity contribution in [3.8, 4) is 0 Å². The van der Waals surface area contributed by atoms with Gasteiger partial charge in [-0.15, -0.1) is 0 Å². The van der Waals surface area contributed by atoms with Crippen LogP contribution >= 0.6 is 0 Å². The molecule has 5 nitrogen and oxygen atoms in total. The molecule has 23 heavy (non-hydrogen) atoms. The lowest BCUT2D eigenvalue weighted by Crippen LogP contribution is -2.33. The van der Waals surface area contributed by atoms with Gasteiger partial charge in [-0.1, -0.05) is 18.2 Å². The van der Waals surface area contributed by atoms with E-state index in [1.165, 1.54) is 17.3 Å². The molecular formula is C18H20N2O3. The first-order valence-corrected chi connectivity index (χ1v) is 7.85. The van der Waals surface area contributed by atoms with Gasteiger partial charge >= 0.3 is 5.97 Å². The Morgan fingerprint density at radius 3 is 2.91 bits per heavy atom. The molecule has 0 aliphatic carbocycles. The van der Waals surface area contributed by atoms with Crippen LogP contribution in [-0.4, -0.2) is 30.6 Å². The van der Waals surface area contributed by atoms with Gasteiger partial charge < -0.3 is 14.6 Å². The minimum Gasteiger partial charge on any atom is -0.460 e. The van der Waals surface area contributed by atoms with E-state index in [9.17, 15) is 9.59 Å². The van der Waals surface area contributed by atoms with E-state index in [1.54, 1.807) is 13.0 Å². The average molecular weight is 312 g/mol. The predicted octanol–water partition coefficient (Wildman–Crippen LogP) is 2.29. The maximum atomic E-state index is 12.0. The Kier molecular flexibility index (Phi) is 4.46. The molecule has 0 radical (unpaired) electrons. The Bertz CT molecular complexity index is 767. The zero-order valence-electron chi connectivity index (χ0n) is 13.2. The van der Waals surface area contributed by atoms with Gasteiger partial charge in [0.15, 0.2) is 0 Å². The monoisotopic (exact) mass is 312 g/mol. The van der Waals surface area contributed by atoms with E-state index in [2.05, 4.69) is 22.0 Å². The van der Waals surface area contributed by atoms with Crippen LogP contribution in [0.25, 0.3) is 0 Å². The minimum atomic E-state index is -0.573. The summed E-state index contributed by atoms with van der Waals surface area (Å²) in [4.78, 5) is 28.6. The highest BCUT2D eigenvalue weighted by atomic mass is 16.5. The number of aromatic nitrogens is 1. The summed E-state index contributed by atoms with van der Waals surface area (Å²) in [5.41, 5.74) is 2.91. The molecule has 120 valence electrons. The van der Waals surface area contributed by atoms with E-state index in [0.29, 0.717) is 6.54 Å². The van der Waals surface area contributed by atoms with Crippen LogP contribution in [-0.2, 0) is 11.2 Å². The zero-order chi connectivity index (χ0) is 16.2. The number of rotatable bonds is 4. The Morgan fingerprint density at radius 2 is 2.09 bits per heavy atom. The number of hydrogen-bond donors (Lipinski definition) is 1. The second kappa shape index (κ2) is 6.69. The number of carbonyl (C=O) groups excluding carboxylic acids is 1. The zero-order valence-corrected chi connectivity index (χ0v) is 13.2. The summed E-state index contributed by atoms with van der Waals surface area (Å²) >= 11 is 0. The summed E-state index contributed by atoms with van der Waals surface area (Å²) in [6, 6.07) is 11.5. The van der Waals surface area contributed by atoms with Gasteiger partial charge in [0.05, 0.1) is 6.54 Å². The van der Waals surface area contributed by atoms with Crippen LogP contribution in [0.15, 0.2) is 41.2 Å². The summed E-state index contributed by atoms with van der Waals surface area (Å²) in [5.74, 6) is -0.573. The van der Waals surface area contributed by atoms with E-state index in [-0.39, 0.29) is 12.2 Å². The summed E-state index contributed by atoms with van der Waals surface area (Å²) in [7, 11) is 0. The number of fused-ring (bicyclic) bond motifs is 1. The standard InChI is InChI=1S/C18H20N2O3/c1-13-8-9-15(17(21)19-13)18(22)23-12-11-20-10-4-6-14-5-2-3-7-16(14)20/h2-3,5,7-9H,4,6,10-12H2,1H3,(H,19,21). The summed E-state index contributed by atoms with van der Waals surface area (Å²) < 4.78 is 5.27. The number of anilines is 1. The molecule has 0 saturated carbocycles. The number of para-hydroxylation sites is 1. The van der Waals surface area contributed by atoms with Crippen LogP contribution in [0.1, 0.15) is 28.0 Å². The molecule has 3 rings (SSSR count). The Balaban J connectivity index is 1.60. The largest absolute Gasteiger partial charge is 0.460 e. The van der Waals surface area contributed by atoms with E-state index >= 15 is 0 Å². The molecule has 2 aromatic rings. The SMILES string of the molecule is Cc1ccc(C(=O)OCCN2CCCc3ccccc32)c(=O)[nH]1. The fraction of sp³-hybridized carbons (Fsp3) is 0.333. The number of H-pyrrole nitrogens is 1. The number of ether oxygens (including phenoxy) is 1. The number of carbonyl (C=O) groups is 1. The van der Waals surface area contributed by atoms with Crippen molar-refractivity contribution < 1.29 is 9.53 Å². The number of pyridine rings is 1. The smallest absolute Gasteiger partial charge is 0.343 e. The number of aryl methyl sites for hydroxylation is 2. The molecule has 0 bridgehead atoms. The molecule has 0 spiro atoms.